The molecule has 0 saturated heterocycles. The maximum absolute atomic E-state index is 5.56. The summed E-state index contributed by atoms with van der Waals surface area (Å²) in [4.78, 5) is 2.52. The van der Waals surface area contributed by atoms with Crippen molar-refractivity contribution >= 4 is 11.8 Å². The number of hydrogen-bond donors (Lipinski definition) is 1. The van der Waals surface area contributed by atoms with Crippen molar-refractivity contribution in [2.75, 3.05) is 0 Å². The van der Waals surface area contributed by atoms with Crippen molar-refractivity contribution in [2.24, 2.45) is 5.73 Å². The highest BCUT2D eigenvalue weighted by Crippen LogP contribution is 2.27. The van der Waals surface area contributed by atoms with Crippen molar-refractivity contribution in [1.82, 2.24) is 0 Å². The molecule has 0 atom stereocenters. The normalized spacial score (nSPS) is 10.4. The molecular weight excluding hydrogens is 214 g/mol. The minimum Gasteiger partial charge on any atom is -0.326 e. The quantitative estimate of drug-likeness (QED) is 0.870. The summed E-state index contributed by atoms with van der Waals surface area (Å²) < 4.78 is 0. The van der Waals surface area contributed by atoms with Crippen molar-refractivity contribution < 1.29 is 0 Å². The van der Waals surface area contributed by atoms with E-state index < -0.39 is 0 Å². The summed E-state index contributed by atoms with van der Waals surface area (Å²) in [6, 6.07) is 17.0. The minimum absolute atomic E-state index is 0.607. The van der Waals surface area contributed by atoms with E-state index in [-0.39, 0.29) is 0 Å². The van der Waals surface area contributed by atoms with E-state index in [9.17, 15) is 0 Å². The van der Waals surface area contributed by atoms with Crippen LogP contribution < -0.4 is 5.73 Å². The molecule has 0 bridgehead atoms. The van der Waals surface area contributed by atoms with E-state index in [1.807, 2.05) is 0 Å². The fourth-order valence-corrected chi connectivity index (χ4v) is 2.25. The monoisotopic (exact) mass is 229 g/mol. The van der Waals surface area contributed by atoms with Gasteiger partial charge in [0, 0.05) is 16.3 Å². The Labute approximate surface area is 101 Å². The van der Waals surface area contributed by atoms with Crippen LogP contribution >= 0.6 is 11.8 Å². The average molecular weight is 229 g/mol. The van der Waals surface area contributed by atoms with Gasteiger partial charge in [0.2, 0.25) is 0 Å². The third kappa shape index (κ3) is 2.87. The minimum atomic E-state index is 0.607. The molecule has 2 aromatic carbocycles. The maximum Gasteiger partial charge on any atom is 0.0178 e. The van der Waals surface area contributed by atoms with Gasteiger partial charge in [-0.25, -0.2) is 0 Å². The summed E-state index contributed by atoms with van der Waals surface area (Å²) in [7, 11) is 0. The summed E-state index contributed by atoms with van der Waals surface area (Å²) in [5, 5.41) is 0. The van der Waals surface area contributed by atoms with E-state index in [0.29, 0.717) is 6.54 Å². The molecule has 2 rings (SSSR count). The fourth-order valence-electron chi connectivity index (χ4n) is 1.44. The van der Waals surface area contributed by atoms with Gasteiger partial charge in [-0.3, -0.25) is 0 Å². The third-order valence-electron chi connectivity index (χ3n) is 2.42. The molecule has 2 N–H and O–H groups in total. The van der Waals surface area contributed by atoms with Crippen LogP contribution in [-0.2, 0) is 6.54 Å². The van der Waals surface area contributed by atoms with Crippen LogP contribution in [0, 0.1) is 6.92 Å². The van der Waals surface area contributed by atoms with Crippen LogP contribution in [-0.4, -0.2) is 0 Å². The predicted molar refractivity (Wildman–Crippen MR) is 69.6 cm³/mol. The summed E-state index contributed by atoms with van der Waals surface area (Å²) in [5.41, 5.74) is 8.03. The van der Waals surface area contributed by atoms with Crippen LogP contribution in [0.2, 0.25) is 0 Å². The summed E-state index contributed by atoms with van der Waals surface area (Å²) in [6.07, 6.45) is 0. The molecule has 0 heterocycles. The smallest absolute Gasteiger partial charge is 0.0178 e. The van der Waals surface area contributed by atoms with Crippen LogP contribution in [0.15, 0.2) is 58.3 Å². The van der Waals surface area contributed by atoms with Crippen molar-refractivity contribution in [2.45, 2.75) is 23.3 Å². The number of hydrogen-bond acceptors (Lipinski definition) is 2. The Balaban J connectivity index is 2.11. The fraction of sp³-hybridized carbons (Fsp3) is 0.143. The first kappa shape index (κ1) is 11.2. The Bertz CT molecular complexity index is 445. The molecule has 0 aromatic heterocycles. The van der Waals surface area contributed by atoms with Crippen LogP contribution in [0.5, 0.6) is 0 Å². The number of benzene rings is 2. The molecular formula is C14H15NS. The molecule has 0 aliphatic carbocycles. The molecule has 0 unspecified atom stereocenters. The molecule has 2 aromatic rings. The Morgan fingerprint density at radius 1 is 0.875 bits per heavy atom. The molecule has 0 spiro atoms. The molecule has 0 radical (unpaired) electrons. The molecule has 0 fully saturated rings. The lowest BCUT2D eigenvalue weighted by atomic mass is 10.2. The van der Waals surface area contributed by atoms with Crippen LogP contribution in [0.1, 0.15) is 11.1 Å². The first-order valence-corrected chi connectivity index (χ1v) is 6.13. The zero-order valence-electron chi connectivity index (χ0n) is 9.31. The van der Waals surface area contributed by atoms with Gasteiger partial charge >= 0.3 is 0 Å². The summed E-state index contributed by atoms with van der Waals surface area (Å²) >= 11 is 1.77. The highest BCUT2D eigenvalue weighted by atomic mass is 32.2. The Hall–Kier alpha value is -1.25. The lowest BCUT2D eigenvalue weighted by Gasteiger charge is -2.03. The second-order valence-corrected chi connectivity index (χ2v) is 4.91. The Kier molecular flexibility index (Phi) is 3.65. The summed E-state index contributed by atoms with van der Waals surface area (Å²) in [6.45, 7) is 2.71. The van der Waals surface area contributed by atoms with Gasteiger partial charge in [-0.15, -0.1) is 0 Å². The average Bonchev–Trinajstić information content (AvgIpc) is 2.33. The van der Waals surface area contributed by atoms with Crippen LogP contribution in [0.3, 0.4) is 0 Å². The largest absolute Gasteiger partial charge is 0.326 e. The van der Waals surface area contributed by atoms with Crippen molar-refractivity contribution in [3.63, 3.8) is 0 Å². The first-order chi connectivity index (χ1) is 7.78. The second-order valence-electron chi connectivity index (χ2n) is 3.76. The highest BCUT2D eigenvalue weighted by molar-refractivity contribution is 7.99. The van der Waals surface area contributed by atoms with E-state index in [4.69, 9.17) is 5.73 Å². The zero-order chi connectivity index (χ0) is 11.4. The summed E-state index contributed by atoms with van der Waals surface area (Å²) in [5.74, 6) is 0. The molecule has 1 nitrogen and oxygen atoms in total. The number of aryl methyl sites for hydroxylation is 1. The molecule has 16 heavy (non-hydrogen) atoms. The predicted octanol–water partition coefficient (Wildman–Crippen LogP) is 3.60. The molecule has 0 aliphatic rings. The topological polar surface area (TPSA) is 26.0 Å². The van der Waals surface area contributed by atoms with Gasteiger partial charge in [-0.05, 0) is 36.8 Å². The zero-order valence-corrected chi connectivity index (χ0v) is 10.1. The number of nitrogens with two attached hydrogens (primary N) is 1. The van der Waals surface area contributed by atoms with E-state index in [1.54, 1.807) is 11.8 Å². The number of rotatable bonds is 3. The van der Waals surface area contributed by atoms with E-state index in [2.05, 4.69) is 55.5 Å². The van der Waals surface area contributed by atoms with Gasteiger partial charge < -0.3 is 5.73 Å². The van der Waals surface area contributed by atoms with Crippen molar-refractivity contribution in [3.8, 4) is 0 Å². The van der Waals surface area contributed by atoms with E-state index in [0.717, 1.165) is 0 Å². The standard InChI is InChI=1S/C14H15NS/c1-11-2-6-13(7-3-11)16-14-8-4-12(10-15)5-9-14/h2-9H,10,15H2,1H3. The van der Waals surface area contributed by atoms with Gasteiger partial charge in [-0.2, -0.15) is 0 Å². The second kappa shape index (κ2) is 5.19. The molecule has 0 amide bonds. The first-order valence-electron chi connectivity index (χ1n) is 5.31. The maximum atomic E-state index is 5.56. The molecule has 2 heteroatoms. The molecule has 0 aliphatic heterocycles. The Morgan fingerprint density at radius 2 is 1.38 bits per heavy atom. The molecule has 0 saturated carbocycles. The van der Waals surface area contributed by atoms with Gasteiger partial charge in [0.15, 0.2) is 0 Å². The SMILES string of the molecule is Cc1ccc(Sc2ccc(CN)cc2)cc1. The lowest BCUT2D eigenvalue weighted by Crippen LogP contribution is -1.94. The van der Waals surface area contributed by atoms with Crippen LogP contribution in [0.25, 0.3) is 0 Å². The van der Waals surface area contributed by atoms with Gasteiger partial charge in [0.1, 0.15) is 0 Å². The van der Waals surface area contributed by atoms with Gasteiger partial charge in [0.05, 0.1) is 0 Å². The van der Waals surface area contributed by atoms with E-state index in [1.165, 1.54) is 20.9 Å². The van der Waals surface area contributed by atoms with Crippen molar-refractivity contribution in [1.29, 1.82) is 0 Å². The van der Waals surface area contributed by atoms with Crippen molar-refractivity contribution in [3.05, 3.63) is 59.7 Å². The molecule has 82 valence electrons. The third-order valence-corrected chi connectivity index (χ3v) is 3.43. The highest BCUT2D eigenvalue weighted by Gasteiger charge is 1.97. The van der Waals surface area contributed by atoms with Gasteiger partial charge in [-0.1, -0.05) is 41.6 Å². The van der Waals surface area contributed by atoms with Crippen LogP contribution in [0.4, 0.5) is 0 Å². The lowest BCUT2D eigenvalue weighted by molar-refractivity contribution is 1.07. The van der Waals surface area contributed by atoms with Gasteiger partial charge in [0.25, 0.3) is 0 Å². The Morgan fingerprint density at radius 3 is 1.88 bits per heavy atom. The van der Waals surface area contributed by atoms with E-state index >= 15 is 0 Å².